The Bertz CT molecular complexity index is 522. The zero-order valence-corrected chi connectivity index (χ0v) is 19.2. The minimum absolute atomic E-state index is 0.0507. The summed E-state index contributed by atoms with van der Waals surface area (Å²) in [7, 11) is 1.38. The van der Waals surface area contributed by atoms with E-state index >= 15 is 0 Å². The van der Waals surface area contributed by atoms with E-state index in [2.05, 4.69) is 70.5 Å². The second kappa shape index (κ2) is 8.72. The molecule has 0 spiro atoms. The van der Waals surface area contributed by atoms with E-state index in [0.29, 0.717) is 16.6 Å². The number of rotatable bonds is 8. The first kappa shape index (κ1) is 21.5. The van der Waals surface area contributed by atoms with Gasteiger partial charge in [0.1, 0.15) is 0 Å². The van der Waals surface area contributed by atoms with E-state index in [1.165, 1.54) is 0 Å². The van der Waals surface area contributed by atoms with Crippen LogP contribution in [0.5, 0.6) is 11.5 Å². The van der Waals surface area contributed by atoms with Gasteiger partial charge in [0.2, 0.25) is 8.32 Å². The molecule has 0 aliphatic heterocycles. The molecule has 0 aliphatic carbocycles. The molecule has 0 bridgehead atoms. The number of benzene rings is 1. The van der Waals surface area contributed by atoms with Crippen molar-refractivity contribution in [2.45, 2.75) is 71.2 Å². The van der Waals surface area contributed by atoms with E-state index in [1.807, 2.05) is 6.07 Å². The van der Waals surface area contributed by atoms with Gasteiger partial charge in [-0.1, -0.05) is 57.5 Å². The zero-order valence-electron chi connectivity index (χ0n) is 16.6. The van der Waals surface area contributed by atoms with Crippen LogP contribution in [0.15, 0.2) is 16.6 Å². The summed E-state index contributed by atoms with van der Waals surface area (Å²) in [6.07, 6.45) is -0.0507. The summed E-state index contributed by atoms with van der Waals surface area (Å²) in [6.45, 7) is 15.9. The van der Waals surface area contributed by atoms with Gasteiger partial charge in [-0.15, -0.1) is 0 Å². The van der Waals surface area contributed by atoms with Gasteiger partial charge in [0, 0.05) is 10.0 Å². The molecule has 5 heteroatoms. The highest BCUT2D eigenvalue weighted by molar-refractivity contribution is 9.10. The van der Waals surface area contributed by atoms with Gasteiger partial charge >= 0.3 is 0 Å². The molecule has 0 N–H and O–H groups in total. The van der Waals surface area contributed by atoms with Crippen LogP contribution in [0.2, 0.25) is 16.6 Å². The van der Waals surface area contributed by atoms with E-state index in [1.54, 1.807) is 14.2 Å². The second-order valence-corrected chi connectivity index (χ2v) is 13.6. The molecule has 1 aromatic carbocycles. The minimum atomic E-state index is -1.97. The van der Waals surface area contributed by atoms with Crippen LogP contribution >= 0.6 is 15.9 Å². The molecule has 0 aromatic heterocycles. The lowest BCUT2D eigenvalue weighted by atomic mass is 10.1. The average Bonchev–Trinajstić information content (AvgIpc) is 2.50. The first-order chi connectivity index (χ1) is 11.1. The molecule has 1 aromatic rings. The highest BCUT2D eigenvalue weighted by Gasteiger charge is 2.46. The van der Waals surface area contributed by atoms with Gasteiger partial charge in [-0.3, -0.25) is 0 Å². The predicted molar refractivity (Wildman–Crippen MR) is 108 cm³/mol. The fourth-order valence-corrected chi connectivity index (χ4v) is 10.0. The van der Waals surface area contributed by atoms with E-state index in [0.717, 1.165) is 21.5 Å². The molecule has 0 fully saturated rings. The van der Waals surface area contributed by atoms with Crippen LogP contribution in [0, 0.1) is 0 Å². The first-order valence-electron chi connectivity index (χ1n) is 8.70. The maximum absolute atomic E-state index is 6.89. The van der Waals surface area contributed by atoms with Crippen molar-refractivity contribution >= 4 is 24.2 Å². The molecule has 0 saturated carbocycles. The molecular formula is C19H33BrO3Si. The van der Waals surface area contributed by atoms with Crippen LogP contribution in [-0.2, 0) is 4.43 Å². The summed E-state index contributed by atoms with van der Waals surface area (Å²) in [5.74, 6) is 1.48. The number of hydrogen-bond donors (Lipinski definition) is 0. The summed E-state index contributed by atoms with van der Waals surface area (Å²) < 4.78 is 19.0. The van der Waals surface area contributed by atoms with Gasteiger partial charge in [-0.25, -0.2) is 0 Å². The fraction of sp³-hybridized carbons (Fsp3) is 0.684. The summed E-state index contributed by atoms with van der Waals surface area (Å²) in [6, 6.07) is 4.00. The molecule has 24 heavy (non-hydrogen) atoms. The predicted octanol–water partition coefficient (Wildman–Crippen LogP) is 6.72. The Hall–Kier alpha value is -0.523. The normalized spacial score (nSPS) is 13.7. The Morgan fingerprint density at radius 3 is 1.71 bits per heavy atom. The second-order valence-electron chi connectivity index (χ2n) is 7.31. The van der Waals surface area contributed by atoms with E-state index in [9.17, 15) is 0 Å². The Morgan fingerprint density at radius 2 is 1.33 bits per heavy atom. The number of ether oxygens (including phenoxy) is 2. The van der Waals surface area contributed by atoms with Crippen LogP contribution in [0.1, 0.15) is 60.1 Å². The molecule has 0 amide bonds. The average molecular weight is 417 g/mol. The van der Waals surface area contributed by atoms with Crippen LogP contribution in [0.4, 0.5) is 0 Å². The summed E-state index contributed by atoms with van der Waals surface area (Å²) in [5.41, 5.74) is 2.66. The number of hydrogen-bond acceptors (Lipinski definition) is 3. The Kier molecular flexibility index (Phi) is 7.82. The zero-order chi connectivity index (χ0) is 18.7. The maximum atomic E-state index is 6.89. The van der Waals surface area contributed by atoms with Crippen LogP contribution in [0.3, 0.4) is 0 Å². The monoisotopic (exact) mass is 416 g/mol. The third-order valence-electron chi connectivity index (χ3n) is 5.00. The van der Waals surface area contributed by atoms with Gasteiger partial charge in [0.25, 0.3) is 0 Å². The standard InChI is InChI=1S/C19H33BrO3Si/c1-12(2)24(13(3)4,14(5)6)23-15(7)17-10-16(20)11-18(21-8)19(17)22-9/h10-15H,1-9H3. The van der Waals surface area contributed by atoms with Crippen LogP contribution < -0.4 is 9.47 Å². The first-order valence-corrected chi connectivity index (χ1v) is 11.6. The lowest BCUT2D eigenvalue weighted by Crippen LogP contribution is -2.48. The van der Waals surface area contributed by atoms with Crippen molar-refractivity contribution in [2.24, 2.45) is 0 Å². The quantitative estimate of drug-likeness (QED) is 0.440. The molecule has 0 saturated heterocycles. The molecule has 1 atom stereocenters. The topological polar surface area (TPSA) is 27.7 Å². The van der Waals surface area contributed by atoms with Crippen molar-refractivity contribution in [3.05, 3.63) is 22.2 Å². The van der Waals surface area contributed by atoms with Crippen molar-refractivity contribution in [2.75, 3.05) is 14.2 Å². The third-order valence-corrected chi connectivity index (χ3v) is 11.6. The molecule has 138 valence electrons. The molecular weight excluding hydrogens is 384 g/mol. The summed E-state index contributed by atoms with van der Waals surface area (Å²) in [5, 5.41) is 0. The van der Waals surface area contributed by atoms with E-state index < -0.39 is 8.32 Å². The number of methoxy groups -OCH3 is 2. The van der Waals surface area contributed by atoms with Crippen molar-refractivity contribution in [1.82, 2.24) is 0 Å². The van der Waals surface area contributed by atoms with Gasteiger partial charge < -0.3 is 13.9 Å². The SMILES string of the molecule is COc1cc(Br)cc(C(C)O[Si](C(C)C)(C(C)C)C(C)C)c1OC. The summed E-state index contributed by atoms with van der Waals surface area (Å²) >= 11 is 3.57. The van der Waals surface area contributed by atoms with Gasteiger partial charge in [0.05, 0.1) is 20.3 Å². The van der Waals surface area contributed by atoms with Crippen molar-refractivity contribution in [3.63, 3.8) is 0 Å². The Morgan fingerprint density at radius 1 is 0.833 bits per heavy atom. The van der Waals surface area contributed by atoms with Crippen molar-refractivity contribution < 1.29 is 13.9 Å². The molecule has 0 aliphatic rings. The van der Waals surface area contributed by atoms with E-state index in [-0.39, 0.29) is 6.10 Å². The largest absolute Gasteiger partial charge is 0.493 e. The third kappa shape index (κ3) is 4.17. The fourth-order valence-electron chi connectivity index (χ4n) is 4.04. The molecule has 3 nitrogen and oxygen atoms in total. The molecule has 1 unspecified atom stereocenters. The number of halogens is 1. The van der Waals surface area contributed by atoms with Gasteiger partial charge in [0.15, 0.2) is 11.5 Å². The highest BCUT2D eigenvalue weighted by Crippen LogP contribution is 2.47. The molecule has 1 rings (SSSR count). The maximum Gasteiger partial charge on any atom is 0.201 e. The minimum Gasteiger partial charge on any atom is -0.493 e. The van der Waals surface area contributed by atoms with E-state index in [4.69, 9.17) is 13.9 Å². The lowest BCUT2D eigenvalue weighted by Gasteiger charge is -2.44. The van der Waals surface area contributed by atoms with Crippen LogP contribution in [0.25, 0.3) is 0 Å². The lowest BCUT2D eigenvalue weighted by molar-refractivity contribution is 0.189. The Balaban J connectivity index is 3.36. The van der Waals surface area contributed by atoms with Crippen molar-refractivity contribution in [3.8, 4) is 11.5 Å². The summed E-state index contributed by atoms with van der Waals surface area (Å²) in [4.78, 5) is 0. The highest BCUT2D eigenvalue weighted by atomic mass is 79.9. The van der Waals surface area contributed by atoms with Gasteiger partial charge in [-0.05, 0) is 35.7 Å². The molecule has 0 radical (unpaired) electrons. The Labute approximate surface area is 157 Å². The smallest absolute Gasteiger partial charge is 0.201 e. The van der Waals surface area contributed by atoms with Crippen molar-refractivity contribution in [1.29, 1.82) is 0 Å². The van der Waals surface area contributed by atoms with Crippen LogP contribution in [-0.4, -0.2) is 22.5 Å². The van der Waals surface area contributed by atoms with Gasteiger partial charge in [-0.2, -0.15) is 0 Å². The molecule has 0 heterocycles.